The minimum atomic E-state index is -0.875. The summed E-state index contributed by atoms with van der Waals surface area (Å²) >= 11 is 11.6. The molecular weight excluding hydrogens is 337 g/mol. The van der Waals surface area contributed by atoms with Gasteiger partial charge in [0.15, 0.2) is 0 Å². The van der Waals surface area contributed by atoms with Crippen LogP contribution in [0.1, 0.15) is 5.56 Å². The van der Waals surface area contributed by atoms with Crippen LogP contribution in [0.25, 0.3) is 0 Å². The molecule has 0 fully saturated rings. The predicted molar refractivity (Wildman–Crippen MR) is 91.9 cm³/mol. The van der Waals surface area contributed by atoms with E-state index in [9.17, 15) is 9.59 Å². The highest BCUT2D eigenvalue weighted by Gasteiger charge is 2.13. The van der Waals surface area contributed by atoms with E-state index in [1.54, 1.807) is 0 Å². The summed E-state index contributed by atoms with van der Waals surface area (Å²) in [6, 6.07) is 14.1. The summed E-state index contributed by atoms with van der Waals surface area (Å²) in [5.41, 5.74) is 3.57. The molecule has 0 bridgehead atoms. The van der Waals surface area contributed by atoms with Gasteiger partial charge in [-0.2, -0.15) is 5.10 Å². The number of nitrogens with zero attached hydrogens (tertiary/aromatic N) is 1. The molecule has 0 saturated carbocycles. The van der Waals surface area contributed by atoms with Gasteiger partial charge in [0.2, 0.25) is 0 Å². The second-order valence-corrected chi connectivity index (χ2v) is 5.34. The fourth-order valence-corrected chi connectivity index (χ4v) is 1.98. The van der Waals surface area contributed by atoms with Crippen LogP contribution in [0.5, 0.6) is 0 Å². The summed E-state index contributed by atoms with van der Waals surface area (Å²) in [6.45, 7) is 0. The number of carbonyl (C=O) groups excluding carboxylic acids is 2. The number of anilines is 1. The van der Waals surface area contributed by atoms with Crippen LogP contribution in [0.4, 0.5) is 5.69 Å². The van der Waals surface area contributed by atoms with Crippen LogP contribution in [0.3, 0.4) is 0 Å². The van der Waals surface area contributed by atoms with Crippen molar-refractivity contribution in [2.24, 2.45) is 5.10 Å². The Morgan fingerprint density at radius 3 is 2.43 bits per heavy atom. The van der Waals surface area contributed by atoms with Crippen molar-refractivity contribution in [2.75, 3.05) is 5.32 Å². The highest BCUT2D eigenvalue weighted by atomic mass is 35.5. The average Bonchev–Trinajstić information content (AvgIpc) is 2.55. The van der Waals surface area contributed by atoms with Gasteiger partial charge in [0.1, 0.15) is 0 Å². The van der Waals surface area contributed by atoms with Gasteiger partial charge in [-0.1, -0.05) is 53.5 Å². The van der Waals surface area contributed by atoms with Gasteiger partial charge in [-0.25, -0.2) is 5.43 Å². The van der Waals surface area contributed by atoms with E-state index in [0.717, 1.165) is 5.56 Å². The highest BCUT2D eigenvalue weighted by Crippen LogP contribution is 2.24. The SMILES string of the molecule is O=C(NN=CCc1ccccc1)C(=O)Nc1ccc(Cl)c(Cl)c1. The van der Waals surface area contributed by atoms with Gasteiger partial charge in [0.25, 0.3) is 0 Å². The van der Waals surface area contributed by atoms with Crippen LogP contribution < -0.4 is 10.7 Å². The lowest BCUT2D eigenvalue weighted by atomic mass is 10.2. The largest absolute Gasteiger partial charge is 0.329 e. The summed E-state index contributed by atoms with van der Waals surface area (Å²) in [5, 5.41) is 6.77. The number of halogens is 2. The topological polar surface area (TPSA) is 70.6 Å². The molecule has 23 heavy (non-hydrogen) atoms. The molecule has 2 rings (SSSR count). The summed E-state index contributed by atoms with van der Waals surface area (Å²) < 4.78 is 0. The molecule has 0 atom stereocenters. The van der Waals surface area contributed by atoms with E-state index in [4.69, 9.17) is 23.2 Å². The van der Waals surface area contributed by atoms with Crippen molar-refractivity contribution in [3.05, 3.63) is 64.1 Å². The summed E-state index contributed by atoms with van der Waals surface area (Å²) in [7, 11) is 0. The minimum Gasteiger partial charge on any atom is -0.318 e. The molecule has 7 heteroatoms. The molecule has 0 radical (unpaired) electrons. The summed E-state index contributed by atoms with van der Waals surface area (Å²) in [4.78, 5) is 23.3. The molecule has 2 amide bonds. The standard InChI is InChI=1S/C16H13Cl2N3O2/c17-13-7-6-12(10-14(13)18)20-15(22)16(23)21-19-9-8-11-4-2-1-3-5-11/h1-7,9-10H,8H2,(H,20,22)(H,21,23). The van der Waals surface area contributed by atoms with Gasteiger partial charge >= 0.3 is 11.8 Å². The first kappa shape index (κ1) is 17.0. The van der Waals surface area contributed by atoms with Crippen molar-refractivity contribution in [1.29, 1.82) is 0 Å². The van der Waals surface area contributed by atoms with E-state index in [-0.39, 0.29) is 5.02 Å². The Morgan fingerprint density at radius 2 is 1.74 bits per heavy atom. The van der Waals surface area contributed by atoms with Crippen molar-refractivity contribution >= 4 is 46.9 Å². The van der Waals surface area contributed by atoms with E-state index in [1.165, 1.54) is 24.4 Å². The quantitative estimate of drug-likeness (QED) is 0.505. The van der Waals surface area contributed by atoms with Crippen molar-refractivity contribution in [3.8, 4) is 0 Å². The number of benzene rings is 2. The van der Waals surface area contributed by atoms with Crippen LogP contribution in [0, 0.1) is 0 Å². The molecule has 0 spiro atoms. The molecule has 0 aromatic heterocycles. The molecule has 2 aromatic carbocycles. The zero-order chi connectivity index (χ0) is 16.7. The van der Waals surface area contributed by atoms with Crippen molar-refractivity contribution < 1.29 is 9.59 Å². The first-order valence-corrected chi connectivity index (χ1v) is 7.43. The first-order valence-electron chi connectivity index (χ1n) is 6.68. The smallest absolute Gasteiger partial charge is 0.318 e. The first-order chi connectivity index (χ1) is 11.1. The van der Waals surface area contributed by atoms with E-state index in [0.29, 0.717) is 17.1 Å². The lowest BCUT2D eigenvalue weighted by molar-refractivity contribution is -0.136. The molecule has 118 valence electrons. The van der Waals surface area contributed by atoms with Gasteiger partial charge in [-0.05, 0) is 23.8 Å². The molecule has 0 aliphatic heterocycles. The van der Waals surface area contributed by atoms with E-state index in [1.807, 2.05) is 30.3 Å². The number of rotatable bonds is 4. The maximum Gasteiger partial charge on any atom is 0.329 e. The third-order valence-corrected chi connectivity index (χ3v) is 3.55. The number of hydrogen-bond acceptors (Lipinski definition) is 3. The monoisotopic (exact) mass is 349 g/mol. The molecule has 0 unspecified atom stereocenters. The predicted octanol–water partition coefficient (Wildman–Crippen LogP) is 3.28. The Hall–Kier alpha value is -2.37. The third kappa shape index (κ3) is 5.39. The van der Waals surface area contributed by atoms with Crippen molar-refractivity contribution in [3.63, 3.8) is 0 Å². The Labute approximate surface area is 143 Å². The maximum absolute atomic E-state index is 11.7. The molecular formula is C16H13Cl2N3O2. The van der Waals surface area contributed by atoms with Gasteiger partial charge in [0, 0.05) is 18.3 Å². The number of carbonyl (C=O) groups is 2. The minimum absolute atomic E-state index is 0.283. The zero-order valence-electron chi connectivity index (χ0n) is 11.9. The van der Waals surface area contributed by atoms with Crippen molar-refractivity contribution in [1.82, 2.24) is 5.43 Å². The second kappa shape index (κ2) is 8.31. The lowest BCUT2D eigenvalue weighted by Gasteiger charge is -2.05. The number of amides is 2. The van der Waals surface area contributed by atoms with Gasteiger partial charge in [0.05, 0.1) is 10.0 Å². The third-order valence-electron chi connectivity index (χ3n) is 2.81. The molecule has 0 saturated heterocycles. The Kier molecular flexibility index (Phi) is 6.14. The van der Waals surface area contributed by atoms with Crippen LogP contribution in [0.2, 0.25) is 10.0 Å². The molecule has 0 aliphatic rings. The molecule has 0 heterocycles. The summed E-state index contributed by atoms with van der Waals surface area (Å²) in [5.74, 6) is -1.72. The Balaban J connectivity index is 1.83. The van der Waals surface area contributed by atoms with E-state index in [2.05, 4.69) is 15.8 Å². The average molecular weight is 350 g/mol. The lowest BCUT2D eigenvalue weighted by Crippen LogP contribution is -2.32. The maximum atomic E-state index is 11.7. The molecule has 0 aliphatic carbocycles. The van der Waals surface area contributed by atoms with Crippen molar-refractivity contribution in [2.45, 2.75) is 6.42 Å². The number of nitrogens with one attached hydrogen (secondary N) is 2. The van der Waals surface area contributed by atoms with Crippen LogP contribution >= 0.6 is 23.2 Å². The Morgan fingerprint density at radius 1 is 1.00 bits per heavy atom. The van der Waals surface area contributed by atoms with Gasteiger partial charge in [-0.15, -0.1) is 0 Å². The van der Waals surface area contributed by atoms with Crippen LogP contribution in [-0.4, -0.2) is 18.0 Å². The molecule has 5 nitrogen and oxygen atoms in total. The zero-order valence-corrected chi connectivity index (χ0v) is 13.4. The van der Waals surface area contributed by atoms with Gasteiger partial charge in [-0.3, -0.25) is 9.59 Å². The van der Waals surface area contributed by atoms with Crippen LogP contribution in [0.15, 0.2) is 53.6 Å². The molecule has 2 N–H and O–H groups in total. The second-order valence-electron chi connectivity index (χ2n) is 4.53. The fraction of sp³-hybridized carbons (Fsp3) is 0.0625. The number of hydrazone groups is 1. The fourth-order valence-electron chi connectivity index (χ4n) is 1.68. The van der Waals surface area contributed by atoms with E-state index < -0.39 is 11.8 Å². The number of hydrogen-bond donors (Lipinski definition) is 2. The summed E-state index contributed by atoms with van der Waals surface area (Å²) in [6.07, 6.45) is 2.06. The van der Waals surface area contributed by atoms with E-state index >= 15 is 0 Å². The van der Waals surface area contributed by atoms with Gasteiger partial charge < -0.3 is 5.32 Å². The van der Waals surface area contributed by atoms with Crippen LogP contribution in [-0.2, 0) is 16.0 Å². The Bertz CT molecular complexity index is 733. The highest BCUT2D eigenvalue weighted by molar-refractivity contribution is 6.42. The molecule has 2 aromatic rings. The normalized spacial score (nSPS) is 10.5.